The molecule has 0 fully saturated rings. The van der Waals surface area contributed by atoms with Gasteiger partial charge in [-0.25, -0.2) is 4.39 Å². The number of nitrogens with one attached hydrogen (secondary N) is 2. The van der Waals surface area contributed by atoms with Gasteiger partial charge in [0.15, 0.2) is 5.11 Å². The fraction of sp³-hybridized carbons (Fsp3) is 0.133. The lowest BCUT2D eigenvalue weighted by Gasteiger charge is -2.15. The molecular weight excluding hydrogens is 357 g/mol. The van der Waals surface area contributed by atoms with Crippen LogP contribution in [0.25, 0.3) is 0 Å². The lowest BCUT2D eigenvalue weighted by atomic mass is 10.1. The predicted octanol–water partition coefficient (Wildman–Crippen LogP) is 3.41. The highest BCUT2D eigenvalue weighted by atomic mass is 35.5. The number of rotatable bonds is 5. The molecule has 9 heteroatoms. The quantitative estimate of drug-likeness (QED) is 0.425. The Morgan fingerprint density at radius 1 is 1.33 bits per heavy atom. The second kappa shape index (κ2) is 8.00. The van der Waals surface area contributed by atoms with Crippen LogP contribution in [0.5, 0.6) is 0 Å². The zero-order valence-electron chi connectivity index (χ0n) is 12.2. The van der Waals surface area contributed by atoms with E-state index in [-0.39, 0.29) is 22.4 Å². The fourth-order valence-electron chi connectivity index (χ4n) is 1.87. The van der Waals surface area contributed by atoms with Crippen molar-refractivity contribution in [2.24, 2.45) is 0 Å². The Morgan fingerprint density at radius 2 is 2.00 bits per heavy atom. The molecule has 126 valence electrons. The topological polar surface area (TPSA) is 87.4 Å². The van der Waals surface area contributed by atoms with Crippen molar-refractivity contribution in [1.82, 2.24) is 5.32 Å². The van der Waals surface area contributed by atoms with Crippen LogP contribution in [0.3, 0.4) is 0 Å². The van der Waals surface area contributed by atoms with E-state index in [0.29, 0.717) is 11.3 Å². The molecular formula is C15H13ClFN3O3S. The van der Waals surface area contributed by atoms with Crippen LogP contribution in [-0.4, -0.2) is 21.7 Å². The third-order valence-corrected chi connectivity index (χ3v) is 3.66. The maximum Gasteiger partial charge on any atom is 0.269 e. The molecule has 1 atom stereocenters. The van der Waals surface area contributed by atoms with Gasteiger partial charge < -0.3 is 15.7 Å². The molecule has 0 unspecified atom stereocenters. The number of thiocarbonyl (C=S) groups is 1. The molecule has 0 aliphatic heterocycles. The van der Waals surface area contributed by atoms with Crippen molar-refractivity contribution in [3.05, 3.63) is 69.0 Å². The van der Waals surface area contributed by atoms with Crippen LogP contribution in [0, 0.1) is 15.9 Å². The minimum absolute atomic E-state index is 0.0336. The van der Waals surface area contributed by atoms with E-state index in [0.717, 1.165) is 0 Å². The molecule has 24 heavy (non-hydrogen) atoms. The van der Waals surface area contributed by atoms with Gasteiger partial charge in [0.25, 0.3) is 5.69 Å². The maximum atomic E-state index is 13.1. The van der Waals surface area contributed by atoms with E-state index in [4.69, 9.17) is 23.8 Å². The number of aliphatic hydroxyl groups is 1. The van der Waals surface area contributed by atoms with Crippen LogP contribution < -0.4 is 10.6 Å². The SMILES string of the molecule is O=[N+]([O-])c1ccc([C@@H](O)CNC(=S)Nc2ccc(F)c(Cl)c2)cc1. The summed E-state index contributed by atoms with van der Waals surface area (Å²) < 4.78 is 13.1. The molecule has 0 aliphatic rings. The molecule has 2 aromatic rings. The zero-order chi connectivity index (χ0) is 17.7. The molecule has 0 radical (unpaired) electrons. The van der Waals surface area contributed by atoms with E-state index >= 15 is 0 Å². The Kier molecular flexibility index (Phi) is 6.02. The lowest BCUT2D eigenvalue weighted by Crippen LogP contribution is -2.32. The molecule has 0 saturated carbocycles. The van der Waals surface area contributed by atoms with Crippen molar-refractivity contribution >= 4 is 40.3 Å². The molecule has 2 aromatic carbocycles. The van der Waals surface area contributed by atoms with Crippen molar-refractivity contribution in [3.8, 4) is 0 Å². The summed E-state index contributed by atoms with van der Waals surface area (Å²) in [5.74, 6) is -0.533. The van der Waals surface area contributed by atoms with Crippen molar-refractivity contribution in [1.29, 1.82) is 0 Å². The Morgan fingerprint density at radius 3 is 2.58 bits per heavy atom. The number of hydrogen-bond acceptors (Lipinski definition) is 4. The molecule has 0 aromatic heterocycles. The minimum Gasteiger partial charge on any atom is -0.387 e. The van der Waals surface area contributed by atoms with Gasteiger partial charge in [0.2, 0.25) is 0 Å². The van der Waals surface area contributed by atoms with Crippen LogP contribution in [-0.2, 0) is 0 Å². The van der Waals surface area contributed by atoms with Crippen molar-refractivity contribution in [2.75, 3.05) is 11.9 Å². The highest BCUT2D eigenvalue weighted by Gasteiger charge is 2.11. The summed E-state index contributed by atoms with van der Waals surface area (Å²) in [6, 6.07) is 9.64. The summed E-state index contributed by atoms with van der Waals surface area (Å²) in [5, 5.41) is 26.4. The lowest BCUT2D eigenvalue weighted by molar-refractivity contribution is -0.384. The van der Waals surface area contributed by atoms with Crippen LogP contribution in [0.15, 0.2) is 42.5 Å². The number of anilines is 1. The first kappa shape index (κ1) is 18.1. The smallest absolute Gasteiger partial charge is 0.269 e. The molecule has 0 saturated heterocycles. The Hall–Kier alpha value is -2.29. The highest BCUT2D eigenvalue weighted by molar-refractivity contribution is 7.80. The summed E-state index contributed by atoms with van der Waals surface area (Å²) in [5.41, 5.74) is 0.966. The van der Waals surface area contributed by atoms with Crippen molar-refractivity contribution < 1.29 is 14.4 Å². The van der Waals surface area contributed by atoms with E-state index in [9.17, 15) is 19.6 Å². The average molecular weight is 370 g/mol. The molecule has 0 spiro atoms. The van der Waals surface area contributed by atoms with Gasteiger partial charge >= 0.3 is 0 Å². The Labute approximate surface area is 147 Å². The number of nitrogens with zero attached hydrogens (tertiary/aromatic N) is 1. The first-order valence-corrected chi connectivity index (χ1v) is 7.58. The predicted molar refractivity (Wildman–Crippen MR) is 93.7 cm³/mol. The monoisotopic (exact) mass is 369 g/mol. The number of nitro benzene ring substituents is 1. The molecule has 0 bridgehead atoms. The third-order valence-electron chi connectivity index (χ3n) is 3.12. The second-order valence-electron chi connectivity index (χ2n) is 4.83. The first-order chi connectivity index (χ1) is 11.4. The van der Waals surface area contributed by atoms with Gasteiger partial charge in [-0.15, -0.1) is 0 Å². The van der Waals surface area contributed by atoms with Gasteiger partial charge in [0.1, 0.15) is 5.82 Å². The fourth-order valence-corrected chi connectivity index (χ4v) is 2.26. The largest absolute Gasteiger partial charge is 0.387 e. The van der Waals surface area contributed by atoms with Gasteiger partial charge in [-0.05, 0) is 48.1 Å². The third kappa shape index (κ3) is 4.85. The molecule has 0 heterocycles. The van der Waals surface area contributed by atoms with Crippen LogP contribution in [0.1, 0.15) is 11.7 Å². The normalized spacial score (nSPS) is 11.6. The first-order valence-electron chi connectivity index (χ1n) is 6.79. The molecule has 0 aliphatic carbocycles. The molecule has 3 N–H and O–H groups in total. The number of hydrogen-bond donors (Lipinski definition) is 3. The summed E-state index contributed by atoms with van der Waals surface area (Å²) in [6.45, 7) is 0.0958. The number of aliphatic hydroxyl groups excluding tert-OH is 1. The summed E-state index contributed by atoms with van der Waals surface area (Å²) in [7, 11) is 0. The summed E-state index contributed by atoms with van der Waals surface area (Å²) >= 11 is 10.7. The molecule has 0 amide bonds. The van der Waals surface area contributed by atoms with E-state index in [1.807, 2.05) is 0 Å². The van der Waals surface area contributed by atoms with Crippen molar-refractivity contribution in [3.63, 3.8) is 0 Å². The van der Waals surface area contributed by atoms with Crippen LogP contribution >= 0.6 is 23.8 Å². The van der Waals surface area contributed by atoms with Gasteiger partial charge in [-0.2, -0.15) is 0 Å². The van der Waals surface area contributed by atoms with Crippen molar-refractivity contribution in [2.45, 2.75) is 6.10 Å². The number of nitro groups is 1. The number of halogens is 2. The number of benzene rings is 2. The van der Waals surface area contributed by atoms with Gasteiger partial charge in [-0.3, -0.25) is 10.1 Å². The summed E-state index contributed by atoms with van der Waals surface area (Å²) in [4.78, 5) is 10.1. The van der Waals surface area contributed by atoms with Gasteiger partial charge in [-0.1, -0.05) is 11.6 Å². The highest BCUT2D eigenvalue weighted by Crippen LogP contribution is 2.20. The number of non-ortho nitro benzene ring substituents is 1. The van der Waals surface area contributed by atoms with E-state index in [1.54, 1.807) is 0 Å². The van der Waals surface area contributed by atoms with Gasteiger partial charge in [0, 0.05) is 24.4 Å². The van der Waals surface area contributed by atoms with Crippen LogP contribution in [0.2, 0.25) is 5.02 Å². The molecule has 2 rings (SSSR count). The average Bonchev–Trinajstić information content (AvgIpc) is 2.56. The summed E-state index contributed by atoms with van der Waals surface area (Å²) in [6.07, 6.45) is -0.901. The van der Waals surface area contributed by atoms with Crippen LogP contribution in [0.4, 0.5) is 15.8 Å². The maximum absolute atomic E-state index is 13.1. The van der Waals surface area contributed by atoms with Gasteiger partial charge in [0.05, 0.1) is 16.0 Å². The minimum atomic E-state index is -0.901. The second-order valence-corrected chi connectivity index (χ2v) is 5.64. The molecule has 6 nitrogen and oxygen atoms in total. The van der Waals surface area contributed by atoms with E-state index < -0.39 is 16.8 Å². The Balaban J connectivity index is 1.88. The Bertz CT molecular complexity index is 758. The van der Waals surface area contributed by atoms with E-state index in [1.165, 1.54) is 42.5 Å². The standard InChI is InChI=1S/C15H13ClFN3O3S/c16-12-7-10(3-6-13(12)17)19-15(24)18-8-14(21)9-1-4-11(5-2-9)20(22)23/h1-7,14,21H,8H2,(H2,18,19,24)/t14-/m0/s1. The van der Waals surface area contributed by atoms with E-state index in [2.05, 4.69) is 10.6 Å². The zero-order valence-corrected chi connectivity index (χ0v) is 13.8.